The van der Waals surface area contributed by atoms with E-state index in [1.807, 2.05) is 68.6 Å². The molecule has 1 amide bonds. The fourth-order valence-corrected chi connectivity index (χ4v) is 4.76. The van der Waals surface area contributed by atoms with Crippen molar-refractivity contribution in [1.29, 1.82) is 0 Å². The fraction of sp³-hybridized carbons (Fsp3) is 0.214. The van der Waals surface area contributed by atoms with Gasteiger partial charge in [0.05, 0.1) is 31.1 Å². The number of carbonyl (C=O) groups is 1. The summed E-state index contributed by atoms with van der Waals surface area (Å²) in [7, 11) is 2.14. The number of rotatable bonds is 9. The van der Waals surface area contributed by atoms with Gasteiger partial charge in [-0.2, -0.15) is 0 Å². The summed E-state index contributed by atoms with van der Waals surface area (Å²) >= 11 is 0. The first-order chi connectivity index (χ1) is 17.4. The second-order valence-electron chi connectivity index (χ2n) is 8.20. The average Bonchev–Trinajstić information content (AvgIpc) is 3.33. The van der Waals surface area contributed by atoms with Crippen LogP contribution in [0.2, 0.25) is 0 Å². The number of H-pyrrole nitrogens is 1. The van der Waals surface area contributed by atoms with Crippen LogP contribution in [-0.4, -0.2) is 40.1 Å². The molecule has 0 aliphatic heterocycles. The Kier molecular flexibility index (Phi) is 7.85. The molecule has 4 rings (SSSR count). The molecule has 2 atom stereocenters. The fourth-order valence-electron chi connectivity index (χ4n) is 3.94. The number of benzene rings is 2. The van der Waals surface area contributed by atoms with Crippen LogP contribution >= 0.6 is 0 Å². The van der Waals surface area contributed by atoms with Crippen LogP contribution in [0, 0.1) is 0 Å². The highest BCUT2D eigenvalue weighted by Gasteiger charge is 2.12. The van der Waals surface area contributed by atoms with Crippen molar-refractivity contribution in [2.75, 3.05) is 20.0 Å². The molecule has 0 radical (unpaired) electrons. The zero-order valence-corrected chi connectivity index (χ0v) is 21.5. The molecule has 2 heterocycles. The summed E-state index contributed by atoms with van der Waals surface area (Å²) < 4.78 is 22.9. The minimum Gasteiger partial charge on any atom is -0.493 e. The number of fused-ring (bicyclic) bond motifs is 1. The van der Waals surface area contributed by atoms with Crippen molar-refractivity contribution in [2.45, 2.75) is 24.8 Å². The summed E-state index contributed by atoms with van der Waals surface area (Å²) in [4.78, 5) is 21.1. The Hall–Kier alpha value is -3.91. The minimum atomic E-state index is -1.02. The highest BCUT2D eigenvalue weighted by Crippen LogP contribution is 2.30. The predicted octanol–water partition coefficient (Wildman–Crippen LogP) is 5.27. The maximum Gasteiger partial charge on any atom is 0.244 e. The van der Waals surface area contributed by atoms with E-state index in [9.17, 15) is 9.00 Å². The van der Waals surface area contributed by atoms with Crippen molar-refractivity contribution in [3.05, 3.63) is 78.1 Å². The summed E-state index contributed by atoms with van der Waals surface area (Å²) in [5, 5.41) is 3.87. The summed E-state index contributed by atoms with van der Waals surface area (Å²) in [6.45, 7) is 3.81. The normalized spacial score (nSPS) is 13.0. The molecule has 186 valence electrons. The van der Waals surface area contributed by atoms with Crippen molar-refractivity contribution >= 4 is 33.8 Å². The molecule has 8 heteroatoms. The number of methoxy groups -OCH3 is 2. The van der Waals surface area contributed by atoms with Crippen LogP contribution in [0.25, 0.3) is 28.2 Å². The Morgan fingerprint density at radius 2 is 1.92 bits per heavy atom. The molecule has 1 unspecified atom stereocenters. The number of aromatic nitrogens is 2. The van der Waals surface area contributed by atoms with E-state index < -0.39 is 10.8 Å². The third kappa shape index (κ3) is 5.49. The molecule has 0 bridgehead atoms. The van der Waals surface area contributed by atoms with Crippen LogP contribution in [0.15, 0.2) is 71.9 Å². The topological polar surface area (TPSA) is 93.3 Å². The molecule has 0 saturated heterocycles. The van der Waals surface area contributed by atoms with E-state index in [1.54, 1.807) is 26.5 Å². The number of hydrogen-bond acceptors (Lipinski definition) is 5. The average molecular weight is 504 g/mol. The van der Waals surface area contributed by atoms with Gasteiger partial charge in [-0.25, -0.2) is 4.98 Å². The molecule has 0 aliphatic rings. The Balaban J connectivity index is 1.52. The van der Waals surface area contributed by atoms with Gasteiger partial charge in [-0.1, -0.05) is 25.1 Å². The standard InChI is InChI=1S/C28H29N3O4S/c1-5-36(33)23-8-6-7-20(13-23)22-14-24-21(16-29-28(24)30-17-22)10-12-27(32)31-18(2)19-9-11-25(34-3)26(15-19)35-4/h6-18H,5H2,1-4H3,(H,29,30)(H,31,32)/b12-10+/t18-,36?/m1/s1. The number of pyridine rings is 1. The van der Waals surface area contributed by atoms with Gasteiger partial charge >= 0.3 is 0 Å². The Morgan fingerprint density at radius 1 is 1.11 bits per heavy atom. The number of nitrogens with one attached hydrogen (secondary N) is 2. The number of nitrogens with zero attached hydrogens (tertiary/aromatic N) is 1. The van der Waals surface area contributed by atoms with Gasteiger partial charge in [0.2, 0.25) is 5.91 Å². The van der Waals surface area contributed by atoms with Gasteiger partial charge in [0.25, 0.3) is 0 Å². The molecular weight excluding hydrogens is 474 g/mol. The number of amides is 1. The molecule has 2 aromatic heterocycles. The van der Waals surface area contributed by atoms with E-state index in [0.29, 0.717) is 17.3 Å². The van der Waals surface area contributed by atoms with E-state index in [-0.39, 0.29) is 11.9 Å². The molecule has 0 fully saturated rings. The van der Waals surface area contributed by atoms with Gasteiger partial charge in [0.15, 0.2) is 11.5 Å². The summed E-state index contributed by atoms with van der Waals surface area (Å²) in [5.74, 6) is 1.60. The lowest BCUT2D eigenvalue weighted by molar-refractivity contribution is -0.117. The second-order valence-corrected chi connectivity index (χ2v) is 9.94. The van der Waals surface area contributed by atoms with E-state index >= 15 is 0 Å². The molecular formula is C28H29N3O4S. The Morgan fingerprint density at radius 3 is 2.67 bits per heavy atom. The van der Waals surface area contributed by atoms with Gasteiger partial charge in [-0.3, -0.25) is 9.00 Å². The third-order valence-electron chi connectivity index (χ3n) is 5.94. The number of hydrogen-bond donors (Lipinski definition) is 2. The predicted molar refractivity (Wildman–Crippen MR) is 144 cm³/mol. The van der Waals surface area contributed by atoms with Crippen LogP contribution < -0.4 is 14.8 Å². The maximum atomic E-state index is 12.6. The van der Waals surface area contributed by atoms with Gasteiger partial charge in [-0.05, 0) is 54.5 Å². The van der Waals surface area contributed by atoms with Crippen LogP contribution in [0.3, 0.4) is 0 Å². The van der Waals surface area contributed by atoms with Crippen molar-refractivity contribution in [3.63, 3.8) is 0 Å². The van der Waals surface area contributed by atoms with E-state index in [1.165, 1.54) is 6.08 Å². The summed E-state index contributed by atoms with van der Waals surface area (Å²) in [6.07, 6.45) is 6.89. The molecule has 2 aromatic carbocycles. The zero-order chi connectivity index (χ0) is 25.7. The van der Waals surface area contributed by atoms with Gasteiger partial charge < -0.3 is 19.8 Å². The molecule has 0 aliphatic carbocycles. The largest absolute Gasteiger partial charge is 0.493 e. The first-order valence-electron chi connectivity index (χ1n) is 11.6. The van der Waals surface area contributed by atoms with Crippen molar-refractivity contribution in [1.82, 2.24) is 15.3 Å². The molecule has 4 aromatic rings. The molecule has 0 spiro atoms. The molecule has 36 heavy (non-hydrogen) atoms. The summed E-state index contributed by atoms with van der Waals surface area (Å²) in [6, 6.07) is 15.1. The van der Waals surface area contributed by atoms with Crippen molar-refractivity contribution in [2.24, 2.45) is 0 Å². The lowest BCUT2D eigenvalue weighted by Crippen LogP contribution is -2.24. The van der Waals surface area contributed by atoms with E-state index in [4.69, 9.17) is 9.47 Å². The van der Waals surface area contributed by atoms with Crippen LogP contribution in [-0.2, 0) is 15.6 Å². The SMILES string of the molecule is CCS(=O)c1cccc(-c2cnc3[nH]cc(/C=C/C(=O)N[C@H](C)c4ccc(OC)c(OC)c4)c3c2)c1. The van der Waals surface area contributed by atoms with Crippen LogP contribution in [0.5, 0.6) is 11.5 Å². The third-order valence-corrected chi connectivity index (χ3v) is 7.24. The lowest BCUT2D eigenvalue weighted by atomic mass is 10.1. The zero-order valence-electron chi connectivity index (χ0n) is 20.7. The number of carbonyl (C=O) groups excluding carboxylic acids is 1. The van der Waals surface area contributed by atoms with Gasteiger partial charge in [0, 0.05) is 45.6 Å². The minimum absolute atomic E-state index is 0.217. The molecule has 2 N–H and O–H groups in total. The number of aromatic amines is 1. The van der Waals surface area contributed by atoms with Crippen LogP contribution in [0.1, 0.15) is 31.0 Å². The molecule has 7 nitrogen and oxygen atoms in total. The van der Waals surface area contributed by atoms with Crippen molar-refractivity contribution < 1.29 is 18.5 Å². The van der Waals surface area contributed by atoms with E-state index in [0.717, 1.165) is 38.2 Å². The monoisotopic (exact) mass is 503 g/mol. The highest BCUT2D eigenvalue weighted by molar-refractivity contribution is 7.85. The lowest BCUT2D eigenvalue weighted by Gasteiger charge is -2.15. The Bertz CT molecular complexity index is 1440. The smallest absolute Gasteiger partial charge is 0.244 e. The first kappa shape index (κ1) is 25.2. The first-order valence-corrected chi connectivity index (χ1v) is 12.9. The Labute approximate surface area is 213 Å². The highest BCUT2D eigenvalue weighted by atomic mass is 32.2. The quantitative estimate of drug-likeness (QED) is 0.304. The van der Waals surface area contributed by atoms with Crippen LogP contribution in [0.4, 0.5) is 0 Å². The van der Waals surface area contributed by atoms with E-state index in [2.05, 4.69) is 15.3 Å². The van der Waals surface area contributed by atoms with Gasteiger partial charge in [-0.15, -0.1) is 0 Å². The van der Waals surface area contributed by atoms with Gasteiger partial charge in [0.1, 0.15) is 5.65 Å². The second kappa shape index (κ2) is 11.2. The summed E-state index contributed by atoms with van der Waals surface area (Å²) in [5.41, 5.74) is 4.34. The van der Waals surface area contributed by atoms with Crippen molar-refractivity contribution in [3.8, 4) is 22.6 Å². The maximum absolute atomic E-state index is 12.6. The number of ether oxygens (including phenoxy) is 2. The molecule has 0 saturated carbocycles.